The average Bonchev–Trinajstić information content (AvgIpc) is 2.79. The Morgan fingerprint density at radius 1 is 0.903 bits per heavy atom. The van der Waals surface area contributed by atoms with Gasteiger partial charge in [0.15, 0.2) is 16.9 Å². The van der Waals surface area contributed by atoms with E-state index in [1.807, 2.05) is 48.5 Å². The lowest BCUT2D eigenvalue weighted by molar-refractivity contribution is 0.101. The summed E-state index contributed by atoms with van der Waals surface area (Å²) in [5, 5.41) is 1.33. The van der Waals surface area contributed by atoms with Crippen LogP contribution in [0.5, 0.6) is 0 Å². The van der Waals surface area contributed by atoms with Crippen LogP contribution in [0.15, 0.2) is 71.7 Å². The molecule has 6 nitrogen and oxygen atoms in total. The van der Waals surface area contributed by atoms with Gasteiger partial charge in [0.05, 0.1) is 27.6 Å². The SMILES string of the molecule is CC(=O)c1cc(=O)c2nc(-c3cc(Cl)c4ncccc4c3)c(-c3ccccc3)nc2[nH]1. The number of aromatic nitrogens is 4. The van der Waals surface area contributed by atoms with Gasteiger partial charge in [-0.3, -0.25) is 14.6 Å². The summed E-state index contributed by atoms with van der Waals surface area (Å²) in [6.45, 7) is 1.39. The van der Waals surface area contributed by atoms with Gasteiger partial charge in [0.2, 0.25) is 5.43 Å². The summed E-state index contributed by atoms with van der Waals surface area (Å²) < 4.78 is 0. The molecule has 3 heterocycles. The molecule has 0 spiro atoms. The normalized spacial score (nSPS) is 11.2. The number of ketones is 1. The topological polar surface area (TPSA) is 88.6 Å². The fourth-order valence-corrected chi connectivity index (χ4v) is 3.81. The van der Waals surface area contributed by atoms with Crippen LogP contribution in [0.1, 0.15) is 17.4 Å². The lowest BCUT2D eigenvalue weighted by atomic mass is 10.0. The number of Topliss-reactive ketones (excluding diaryl/α,β-unsaturated/α-hetero) is 1. The lowest BCUT2D eigenvalue weighted by Gasteiger charge is -2.12. The van der Waals surface area contributed by atoms with Gasteiger partial charge in [-0.25, -0.2) is 9.97 Å². The van der Waals surface area contributed by atoms with E-state index in [4.69, 9.17) is 16.6 Å². The summed E-state index contributed by atoms with van der Waals surface area (Å²) in [5.74, 6) is -0.250. The predicted molar refractivity (Wildman–Crippen MR) is 121 cm³/mol. The molecule has 0 aliphatic carbocycles. The Morgan fingerprint density at radius 3 is 2.45 bits per heavy atom. The first kappa shape index (κ1) is 19.1. The molecule has 3 aromatic heterocycles. The average molecular weight is 427 g/mol. The zero-order valence-corrected chi connectivity index (χ0v) is 17.1. The Kier molecular flexibility index (Phi) is 4.56. The molecule has 0 aliphatic heterocycles. The van der Waals surface area contributed by atoms with Crippen molar-refractivity contribution in [3.8, 4) is 22.5 Å². The minimum absolute atomic E-state index is 0.155. The van der Waals surface area contributed by atoms with E-state index < -0.39 is 0 Å². The van der Waals surface area contributed by atoms with Crippen molar-refractivity contribution in [3.05, 3.63) is 87.8 Å². The minimum atomic E-state index is -0.374. The maximum atomic E-state index is 12.7. The van der Waals surface area contributed by atoms with Gasteiger partial charge in [0, 0.05) is 35.7 Å². The van der Waals surface area contributed by atoms with Crippen LogP contribution in [-0.2, 0) is 0 Å². The number of fused-ring (bicyclic) bond motifs is 2. The van der Waals surface area contributed by atoms with E-state index >= 15 is 0 Å². The maximum Gasteiger partial charge on any atom is 0.210 e. The van der Waals surface area contributed by atoms with Crippen molar-refractivity contribution in [2.45, 2.75) is 6.92 Å². The summed E-state index contributed by atoms with van der Waals surface area (Å²) >= 11 is 6.50. The van der Waals surface area contributed by atoms with E-state index in [1.54, 1.807) is 12.3 Å². The second-order valence-corrected chi connectivity index (χ2v) is 7.53. The van der Waals surface area contributed by atoms with Crippen LogP contribution in [0.25, 0.3) is 44.6 Å². The number of nitrogens with one attached hydrogen (secondary N) is 1. The second-order valence-electron chi connectivity index (χ2n) is 7.12. The molecule has 0 atom stereocenters. The van der Waals surface area contributed by atoms with Gasteiger partial charge < -0.3 is 4.98 Å². The van der Waals surface area contributed by atoms with Gasteiger partial charge in [-0.15, -0.1) is 0 Å². The third-order valence-electron chi connectivity index (χ3n) is 5.02. The van der Waals surface area contributed by atoms with Gasteiger partial charge in [-0.05, 0) is 18.2 Å². The highest BCUT2D eigenvalue weighted by atomic mass is 35.5. The number of nitrogens with zero attached hydrogens (tertiary/aromatic N) is 3. The van der Waals surface area contributed by atoms with Gasteiger partial charge in [0.25, 0.3) is 0 Å². The number of carbonyl (C=O) groups is 1. The van der Waals surface area contributed by atoms with E-state index in [-0.39, 0.29) is 28.1 Å². The highest BCUT2D eigenvalue weighted by molar-refractivity contribution is 6.35. The molecule has 0 saturated carbocycles. The number of rotatable bonds is 3. The number of carbonyl (C=O) groups excluding carboxylic acids is 1. The maximum absolute atomic E-state index is 12.7. The number of hydrogen-bond acceptors (Lipinski definition) is 5. The molecule has 0 bridgehead atoms. The van der Waals surface area contributed by atoms with E-state index in [2.05, 4.69) is 15.0 Å². The largest absolute Gasteiger partial charge is 0.335 e. The third-order valence-corrected chi connectivity index (χ3v) is 5.30. The van der Waals surface area contributed by atoms with Gasteiger partial charge in [-0.1, -0.05) is 48.0 Å². The van der Waals surface area contributed by atoms with E-state index in [0.717, 1.165) is 10.9 Å². The van der Waals surface area contributed by atoms with Crippen molar-refractivity contribution < 1.29 is 4.79 Å². The highest BCUT2D eigenvalue weighted by Gasteiger charge is 2.17. The molecule has 0 radical (unpaired) electrons. The monoisotopic (exact) mass is 426 g/mol. The molecule has 31 heavy (non-hydrogen) atoms. The zero-order valence-electron chi connectivity index (χ0n) is 16.4. The molecular formula is C24H15ClN4O2. The molecule has 1 N–H and O–H groups in total. The number of benzene rings is 2. The molecule has 0 amide bonds. The molecule has 5 aromatic rings. The van der Waals surface area contributed by atoms with Gasteiger partial charge in [-0.2, -0.15) is 0 Å². The Labute approximate surface area is 181 Å². The van der Waals surface area contributed by atoms with Crippen LogP contribution >= 0.6 is 11.6 Å². The molecule has 0 fully saturated rings. The minimum Gasteiger partial charge on any atom is -0.335 e. The van der Waals surface area contributed by atoms with Crippen LogP contribution in [0, 0.1) is 0 Å². The Balaban J connectivity index is 1.87. The van der Waals surface area contributed by atoms with Crippen molar-refractivity contribution in [2.24, 2.45) is 0 Å². The zero-order chi connectivity index (χ0) is 21.5. The first-order chi connectivity index (χ1) is 15.0. The lowest BCUT2D eigenvalue weighted by Crippen LogP contribution is -2.12. The van der Waals surface area contributed by atoms with Gasteiger partial charge in [0.1, 0.15) is 0 Å². The van der Waals surface area contributed by atoms with E-state index in [9.17, 15) is 9.59 Å². The fourth-order valence-electron chi connectivity index (χ4n) is 3.53. The Bertz CT molecular complexity index is 1540. The molecule has 7 heteroatoms. The summed E-state index contributed by atoms with van der Waals surface area (Å²) in [5.41, 5.74) is 3.55. The van der Waals surface area contributed by atoms with Crippen molar-refractivity contribution in [1.82, 2.24) is 19.9 Å². The smallest absolute Gasteiger partial charge is 0.210 e. The number of hydrogen-bond donors (Lipinski definition) is 1. The van der Waals surface area contributed by atoms with E-state index in [0.29, 0.717) is 27.5 Å². The predicted octanol–water partition coefficient (Wildman–Crippen LogP) is 5.06. The van der Waals surface area contributed by atoms with Crippen LogP contribution < -0.4 is 5.43 Å². The summed E-state index contributed by atoms with van der Waals surface area (Å²) in [7, 11) is 0. The molecule has 150 valence electrons. The quantitative estimate of drug-likeness (QED) is 0.407. The Hall–Kier alpha value is -3.90. The second kappa shape index (κ2) is 7.41. The number of halogens is 1. The Morgan fingerprint density at radius 2 is 1.68 bits per heavy atom. The van der Waals surface area contributed by atoms with Crippen molar-refractivity contribution in [3.63, 3.8) is 0 Å². The van der Waals surface area contributed by atoms with Crippen molar-refractivity contribution in [2.75, 3.05) is 0 Å². The third kappa shape index (κ3) is 3.37. The molecule has 0 aliphatic rings. The highest BCUT2D eigenvalue weighted by Crippen LogP contribution is 2.34. The summed E-state index contributed by atoms with van der Waals surface area (Å²) in [6.07, 6.45) is 1.69. The van der Waals surface area contributed by atoms with Crippen LogP contribution in [0.3, 0.4) is 0 Å². The number of pyridine rings is 2. The number of H-pyrrole nitrogens is 1. The van der Waals surface area contributed by atoms with Crippen LogP contribution in [0.4, 0.5) is 0 Å². The van der Waals surface area contributed by atoms with Crippen molar-refractivity contribution >= 4 is 39.5 Å². The first-order valence-electron chi connectivity index (χ1n) is 9.57. The van der Waals surface area contributed by atoms with E-state index in [1.165, 1.54) is 13.0 Å². The number of aromatic amines is 1. The van der Waals surface area contributed by atoms with Gasteiger partial charge >= 0.3 is 0 Å². The molecule has 5 rings (SSSR count). The molecular weight excluding hydrogens is 412 g/mol. The summed E-state index contributed by atoms with van der Waals surface area (Å²) in [6, 6.07) is 18.2. The summed E-state index contributed by atoms with van der Waals surface area (Å²) in [4.78, 5) is 41.2. The van der Waals surface area contributed by atoms with Crippen LogP contribution in [-0.4, -0.2) is 25.7 Å². The molecule has 0 saturated heterocycles. The first-order valence-corrected chi connectivity index (χ1v) is 9.95. The fraction of sp³-hybridized carbons (Fsp3) is 0.0417. The molecule has 0 unspecified atom stereocenters. The van der Waals surface area contributed by atoms with Crippen molar-refractivity contribution in [1.29, 1.82) is 0 Å². The van der Waals surface area contributed by atoms with Crippen LogP contribution in [0.2, 0.25) is 5.02 Å². The molecule has 2 aromatic carbocycles. The standard InChI is InChI=1S/C24H15ClN4O2/c1-13(30)18-12-19(31)23-24(27-18)29-21(14-6-3-2-4-7-14)22(28-23)16-10-15-8-5-9-26-20(15)17(25)11-16/h2-12H,1H3,(H,27,29,31).